The fourth-order valence-electron chi connectivity index (χ4n) is 4.03. The second-order valence-corrected chi connectivity index (χ2v) is 8.99. The quantitative estimate of drug-likeness (QED) is 0.150. The number of aromatic carboxylic acids is 1. The molecule has 0 bridgehead atoms. The second kappa shape index (κ2) is 11.1. The second-order valence-electron chi connectivity index (χ2n) is 8.99. The van der Waals surface area contributed by atoms with Crippen molar-refractivity contribution in [2.45, 2.75) is 19.6 Å². The number of rotatable bonds is 10. The fourth-order valence-corrected chi connectivity index (χ4v) is 4.03. The Hall–Kier alpha value is -5.92. The standard InChI is InChI=1S/C27H22N8O6/c28-20-21(23(37)22(20)36)29-11-15-2-1-3-16(8-15)12-31-25(39)19-9-18(34-27-32-13-33-35(19)27)24(38)30-10-14-4-6-17(7-5-14)26(40)41/h1-9,13,29H,10-12,28H2,(H,30,38)(H,31,39)(H,40,41). The summed E-state index contributed by atoms with van der Waals surface area (Å²) in [6.45, 7) is 0.504. The van der Waals surface area contributed by atoms with Crippen LogP contribution in [0.2, 0.25) is 0 Å². The molecule has 3 aromatic carbocycles. The normalized spacial score (nSPS) is 10.9. The summed E-state index contributed by atoms with van der Waals surface area (Å²) >= 11 is 0. The van der Waals surface area contributed by atoms with Crippen molar-refractivity contribution in [3.63, 3.8) is 0 Å². The van der Waals surface area contributed by atoms with Gasteiger partial charge in [0.25, 0.3) is 28.4 Å². The number of carboxylic acids is 1. The highest BCUT2D eigenvalue weighted by Gasteiger charge is 2.19. The lowest BCUT2D eigenvalue weighted by molar-refractivity contribution is 0.0696. The Morgan fingerprint density at radius 3 is 2.24 bits per heavy atom. The molecule has 2 heterocycles. The van der Waals surface area contributed by atoms with Crippen LogP contribution in [0.5, 0.6) is 0 Å². The maximum Gasteiger partial charge on any atom is 0.335 e. The lowest BCUT2D eigenvalue weighted by Gasteiger charge is -2.12. The van der Waals surface area contributed by atoms with Gasteiger partial charge < -0.3 is 26.8 Å². The molecule has 0 atom stereocenters. The lowest BCUT2D eigenvalue weighted by atomic mass is 10.1. The molecule has 0 aliphatic heterocycles. The summed E-state index contributed by atoms with van der Waals surface area (Å²) in [5.74, 6) is -2.08. The molecule has 0 saturated heterocycles. The van der Waals surface area contributed by atoms with Crippen LogP contribution in [-0.4, -0.2) is 42.5 Å². The molecule has 0 aliphatic carbocycles. The lowest BCUT2D eigenvalue weighted by Crippen LogP contribution is -2.36. The zero-order chi connectivity index (χ0) is 29.1. The molecule has 0 fully saturated rings. The topological polar surface area (TPSA) is 211 Å². The number of carbonyl (C=O) groups is 3. The molecule has 0 spiro atoms. The van der Waals surface area contributed by atoms with Gasteiger partial charge in [0, 0.05) is 25.7 Å². The van der Waals surface area contributed by atoms with Gasteiger partial charge in [-0.2, -0.15) is 14.6 Å². The Kier molecular flexibility index (Phi) is 7.19. The van der Waals surface area contributed by atoms with Crippen LogP contribution >= 0.6 is 0 Å². The van der Waals surface area contributed by atoms with Gasteiger partial charge in [-0.05, 0) is 28.8 Å². The highest BCUT2D eigenvalue weighted by atomic mass is 16.4. The molecular weight excluding hydrogens is 532 g/mol. The minimum absolute atomic E-state index is 0.0388. The molecule has 5 aromatic rings. The Morgan fingerprint density at radius 1 is 0.854 bits per heavy atom. The van der Waals surface area contributed by atoms with Crippen molar-refractivity contribution in [1.29, 1.82) is 0 Å². The molecule has 0 aliphatic rings. The molecule has 5 rings (SSSR count). The summed E-state index contributed by atoms with van der Waals surface area (Å²) in [7, 11) is 0. The number of hydrogen-bond acceptors (Lipinski definition) is 10. The third-order valence-corrected chi connectivity index (χ3v) is 6.23. The Bertz CT molecular complexity index is 1870. The highest BCUT2D eigenvalue weighted by Crippen LogP contribution is 2.13. The smallest absolute Gasteiger partial charge is 0.335 e. The maximum absolute atomic E-state index is 13.1. The first-order chi connectivity index (χ1) is 19.7. The van der Waals surface area contributed by atoms with Crippen LogP contribution in [0.15, 0.2) is 70.5 Å². The number of hydrogen-bond donors (Lipinski definition) is 5. The molecule has 2 amide bonds. The number of benzene rings is 2. The van der Waals surface area contributed by atoms with E-state index in [4.69, 9.17) is 10.8 Å². The van der Waals surface area contributed by atoms with Crippen LogP contribution < -0.4 is 32.5 Å². The molecule has 0 radical (unpaired) electrons. The number of aromatic nitrogens is 4. The Balaban J connectivity index is 1.24. The first kappa shape index (κ1) is 26.7. The van der Waals surface area contributed by atoms with E-state index in [9.17, 15) is 24.0 Å². The number of fused-ring (bicyclic) bond motifs is 1. The summed E-state index contributed by atoms with van der Waals surface area (Å²) in [5.41, 5.74) is 6.55. The van der Waals surface area contributed by atoms with Crippen molar-refractivity contribution >= 4 is 34.9 Å². The van der Waals surface area contributed by atoms with Crippen molar-refractivity contribution in [2.24, 2.45) is 0 Å². The number of nitrogens with two attached hydrogens (primary N) is 1. The van der Waals surface area contributed by atoms with Gasteiger partial charge in [-0.25, -0.2) is 9.78 Å². The van der Waals surface area contributed by atoms with Crippen molar-refractivity contribution < 1.29 is 19.5 Å². The van der Waals surface area contributed by atoms with Crippen LogP contribution in [0.25, 0.3) is 5.78 Å². The molecular formula is C27H22N8O6. The van der Waals surface area contributed by atoms with Crippen LogP contribution in [0, 0.1) is 0 Å². The maximum atomic E-state index is 13.1. The summed E-state index contributed by atoms with van der Waals surface area (Å²) in [6.07, 6.45) is 1.21. The van der Waals surface area contributed by atoms with Crippen LogP contribution in [0.4, 0.5) is 11.4 Å². The molecule has 41 heavy (non-hydrogen) atoms. The average Bonchev–Trinajstić information content (AvgIpc) is 3.47. The molecule has 206 valence electrons. The van der Waals surface area contributed by atoms with Crippen LogP contribution in [0.3, 0.4) is 0 Å². The van der Waals surface area contributed by atoms with Crippen LogP contribution in [-0.2, 0) is 19.6 Å². The summed E-state index contributed by atoms with van der Waals surface area (Å²) in [5, 5.41) is 21.4. The Labute approximate surface area is 230 Å². The van der Waals surface area contributed by atoms with Crippen molar-refractivity contribution in [3.8, 4) is 0 Å². The van der Waals surface area contributed by atoms with Crippen molar-refractivity contribution in [2.75, 3.05) is 11.1 Å². The minimum atomic E-state index is -1.05. The third-order valence-electron chi connectivity index (χ3n) is 6.23. The first-order valence-corrected chi connectivity index (χ1v) is 12.2. The van der Waals surface area contributed by atoms with Crippen molar-refractivity contribution in [3.05, 3.63) is 115 Å². The van der Waals surface area contributed by atoms with Gasteiger partial charge in [-0.1, -0.05) is 36.4 Å². The number of nitrogens with zero attached hydrogens (tertiary/aromatic N) is 4. The summed E-state index contributed by atoms with van der Waals surface area (Å²) in [4.78, 5) is 68.0. The van der Waals surface area contributed by atoms with E-state index >= 15 is 0 Å². The van der Waals surface area contributed by atoms with Gasteiger partial charge >= 0.3 is 5.97 Å². The zero-order valence-electron chi connectivity index (χ0n) is 21.2. The van der Waals surface area contributed by atoms with Gasteiger partial charge in [0.2, 0.25) is 0 Å². The average molecular weight is 555 g/mol. The van der Waals surface area contributed by atoms with E-state index in [1.807, 2.05) is 12.1 Å². The van der Waals surface area contributed by atoms with Crippen molar-refractivity contribution in [1.82, 2.24) is 30.2 Å². The van der Waals surface area contributed by atoms with E-state index in [1.54, 1.807) is 24.3 Å². The van der Waals surface area contributed by atoms with E-state index in [0.29, 0.717) is 5.56 Å². The van der Waals surface area contributed by atoms with Gasteiger partial charge in [-0.3, -0.25) is 19.2 Å². The first-order valence-electron chi connectivity index (χ1n) is 12.2. The summed E-state index contributed by atoms with van der Waals surface area (Å²) in [6, 6.07) is 14.6. The monoisotopic (exact) mass is 554 g/mol. The molecule has 6 N–H and O–H groups in total. The minimum Gasteiger partial charge on any atom is -0.478 e. The van der Waals surface area contributed by atoms with Gasteiger partial charge in [0.05, 0.1) is 5.56 Å². The molecule has 0 saturated carbocycles. The molecule has 14 heteroatoms. The highest BCUT2D eigenvalue weighted by molar-refractivity contribution is 5.98. The number of anilines is 2. The third kappa shape index (κ3) is 5.61. The number of carbonyl (C=O) groups excluding carboxylic acids is 2. The molecule has 2 aromatic heterocycles. The molecule has 14 nitrogen and oxygen atoms in total. The number of carboxylic acid groups (broad SMARTS) is 1. The Morgan fingerprint density at radius 2 is 1.54 bits per heavy atom. The van der Waals surface area contributed by atoms with Gasteiger partial charge in [0.1, 0.15) is 29.1 Å². The van der Waals surface area contributed by atoms with E-state index in [1.165, 1.54) is 29.0 Å². The van der Waals surface area contributed by atoms with E-state index in [2.05, 4.69) is 31.0 Å². The van der Waals surface area contributed by atoms with Gasteiger partial charge in [0.15, 0.2) is 0 Å². The number of nitrogens with one attached hydrogen (secondary N) is 3. The summed E-state index contributed by atoms with van der Waals surface area (Å²) < 4.78 is 1.21. The largest absolute Gasteiger partial charge is 0.478 e. The molecule has 0 unspecified atom stereocenters. The zero-order valence-corrected chi connectivity index (χ0v) is 21.2. The fraction of sp³-hybridized carbons (Fsp3) is 0.111. The SMILES string of the molecule is Nc1c(NCc2cccc(CNC(=O)c3cc(C(=O)NCc4ccc(C(=O)O)cc4)nc4ncnn34)c2)c(=O)c1=O. The predicted octanol–water partition coefficient (Wildman–Crippen LogP) is 0.473. The van der Waals surface area contributed by atoms with E-state index < -0.39 is 28.6 Å². The predicted molar refractivity (Wildman–Crippen MR) is 146 cm³/mol. The van der Waals surface area contributed by atoms with Gasteiger partial charge in [-0.15, -0.1) is 0 Å². The number of nitrogen functional groups attached to an aromatic ring is 1. The van der Waals surface area contributed by atoms with E-state index in [-0.39, 0.29) is 53.7 Å². The van der Waals surface area contributed by atoms with Crippen LogP contribution in [0.1, 0.15) is 48.0 Å². The number of amides is 2. The van der Waals surface area contributed by atoms with E-state index in [0.717, 1.165) is 11.1 Å².